The number of ether oxygens (including phenoxy) is 3. The van der Waals surface area contributed by atoms with Crippen LogP contribution in [-0.4, -0.2) is 63.8 Å². The Morgan fingerprint density at radius 3 is 2.61 bits per heavy atom. The van der Waals surface area contributed by atoms with Crippen molar-refractivity contribution in [2.24, 2.45) is 5.16 Å². The van der Waals surface area contributed by atoms with Crippen LogP contribution in [0.4, 0.5) is 0 Å². The molecule has 0 atom stereocenters. The Kier molecular flexibility index (Phi) is 12.1. The zero-order valence-electron chi connectivity index (χ0n) is 11.1. The summed E-state index contributed by atoms with van der Waals surface area (Å²) in [6.07, 6.45) is 0. The standard InChI is InChI=1S/C11H21NO5S/c1-4-17-11(13)10(12-15-3)9-18-8-7-16-6-5-14-2/h4-9H2,1-3H3. The lowest BCUT2D eigenvalue weighted by Gasteiger charge is -2.05. The van der Waals surface area contributed by atoms with Crippen LogP contribution in [0.5, 0.6) is 0 Å². The molecule has 0 rings (SSSR count). The largest absolute Gasteiger partial charge is 0.461 e. The molecule has 0 unspecified atom stereocenters. The number of esters is 1. The van der Waals surface area contributed by atoms with Gasteiger partial charge in [0.05, 0.1) is 26.4 Å². The van der Waals surface area contributed by atoms with E-state index in [9.17, 15) is 4.79 Å². The molecular weight excluding hydrogens is 258 g/mol. The molecule has 0 saturated carbocycles. The second-order valence-corrected chi connectivity index (χ2v) is 4.20. The minimum atomic E-state index is -0.438. The minimum absolute atomic E-state index is 0.279. The molecule has 0 aromatic rings. The highest BCUT2D eigenvalue weighted by molar-refractivity contribution is 8.00. The third kappa shape index (κ3) is 9.26. The van der Waals surface area contributed by atoms with Crippen molar-refractivity contribution < 1.29 is 23.8 Å². The third-order valence-corrected chi connectivity index (χ3v) is 2.69. The van der Waals surface area contributed by atoms with Crippen LogP contribution < -0.4 is 0 Å². The first kappa shape index (κ1) is 17.2. The lowest BCUT2D eigenvalue weighted by Crippen LogP contribution is -2.20. The van der Waals surface area contributed by atoms with Crippen molar-refractivity contribution in [2.75, 3.05) is 52.2 Å². The Morgan fingerprint density at radius 2 is 2.00 bits per heavy atom. The second kappa shape index (κ2) is 12.7. The molecule has 0 spiro atoms. The predicted molar refractivity (Wildman–Crippen MR) is 71.1 cm³/mol. The van der Waals surface area contributed by atoms with Crippen molar-refractivity contribution in [3.63, 3.8) is 0 Å². The molecule has 106 valence electrons. The van der Waals surface area contributed by atoms with Gasteiger partial charge in [0.1, 0.15) is 7.11 Å². The molecule has 0 aliphatic carbocycles. The molecule has 0 fully saturated rings. The van der Waals surface area contributed by atoms with Crippen LogP contribution in [0.2, 0.25) is 0 Å². The molecule has 6 nitrogen and oxygen atoms in total. The van der Waals surface area contributed by atoms with Crippen LogP contribution in [0.25, 0.3) is 0 Å². The first-order chi connectivity index (χ1) is 8.76. The Morgan fingerprint density at radius 1 is 1.22 bits per heavy atom. The molecule has 0 aliphatic rings. The number of carbonyl (C=O) groups is 1. The Labute approximate surface area is 112 Å². The molecule has 0 N–H and O–H groups in total. The first-order valence-electron chi connectivity index (χ1n) is 5.67. The lowest BCUT2D eigenvalue weighted by atomic mass is 10.4. The van der Waals surface area contributed by atoms with E-state index in [1.165, 1.54) is 18.9 Å². The van der Waals surface area contributed by atoms with Crippen LogP contribution in [0.1, 0.15) is 6.92 Å². The molecule has 18 heavy (non-hydrogen) atoms. The molecule has 0 saturated heterocycles. The van der Waals surface area contributed by atoms with Crippen molar-refractivity contribution >= 4 is 23.4 Å². The molecule has 0 aromatic heterocycles. The fourth-order valence-electron chi connectivity index (χ4n) is 0.978. The van der Waals surface area contributed by atoms with Crippen molar-refractivity contribution in [1.82, 2.24) is 0 Å². The maximum absolute atomic E-state index is 11.4. The van der Waals surface area contributed by atoms with Crippen LogP contribution in [0, 0.1) is 0 Å². The summed E-state index contributed by atoms with van der Waals surface area (Å²) in [4.78, 5) is 16.1. The summed E-state index contributed by atoms with van der Waals surface area (Å²) in [5, 5.41) is 3.65. The second-order valence-electron chi connectivity index (χ2n) is 3.10. The van der Waals surface area contributed by atoms with Crippen molar-refractivity contribution in [2.45, 2.75) is 6.92 Å². The van der Waals surface area contributed by atoms with Gasteiger partial charge in [-0.25, -0.2) is 4.79 Å². The van der Waals surface area contributed by atoms with E-state index in [0.29, 0.717) is 32.2 Å². The fraction of sp³-hybridized carbons (Fsp3) is 0.818. The zero-order valence-corrected chi connectivity index (χ0v) is 12.0. The molecule has 7 heteroatoms. The van der Waals surface area contributed by atoms with E-state index >= 15 is 0 Å². The monoisotopic (exact) mass is 279 g/mol. The number of rotatable bonds is 11. The number of thioether (sulfide) groups is 1. The third-order valence-electron chi connectivity index (χ3n) is 1.76. The molecule has 0 bridgehead atoms. The normalized spacial score (nSPS) is 11.4. The van der Waals surface area contributed by atoms with Crippen molar-refractivity contribution in [3.8, 4) is 0 Å². The van der Waals surface area contributed by atoms with E-state index in [1.807, 2.05) is 0 Å². The first-order valence-corrected chi connectivity index (χ1v) is 6.83. The molecule has 0 radical (unpaired) electrons. The number of carbonyl (C=O) groups excluding carboxylic acids is 1. The lowest BCUT2D eigenvalue weighted by molar-refractivity contribution is -0.135. The molecule has 0 aromatic carbocycles. The highest BCUT2D eigenvalue weighted by Gasteiger charge is 2.13. The van der Waals surface area contributed by atoms with Crippen LogP contribution in [0.15, 0.2) is 5.16 Å². The summed E-state index contributed by atoms with van der Waals surface area (Å²) >= 11 is 1.54. The average Bonchev–Trinajstić information content (AvgIpc) is 2.36. The molecule has 0 aliphatic heterocycles. The average molecular weight is 279 g/mol. The number of hydrogen-bond donors (Lipinski definition) is 0. The van der Waals surface area contributed by atoms with Crippen LogP contribution >= 0.6 is 11.8 Å². The molecule has 0 amide bonds. The minimum Gasteiger partial charge on any atom is -0.461 e. The Hall–Kier alpha value is -0.790. The van der Waals surface area contributed by atoms with Crippen molar-refractivity contribution in [1.29, 1.82) is 0 Å². The fourth-order valence-corrected chi connectivity index (χ4v) is 1.72. The van der Waals surface area contributed by atoms with Gasteiger partial charge in [0, 0.05) is 18.6 Å². The maximum atomic E-state index is 11.4. The topological polar surface area (TPSA) is 66.4 Å². The number of hydrogen-bond acceptors (Lipinski definition) is 7. The van der Waals surface area contributed by atoms with E-state index in [4.69, 9.17) is 14.2 Å². The zero-order chi connectivity index (χ0) is 13.6. The maximum Gasteiger partial charge on any atom is 0.356 e. The van der Waals surface area contributed by atoms with E-state index in [-0.39, 0.29) is 5.71 Å². The van der Waals surface area contributed by atoms with E-state index in [0.717, 1.165) is 5.75 Å². The molecule has 0 heterocycles. The van der Waals surface area contributed by atoms with Gasteiger partial charge in [-0.05, 0) is 6.92 Å². The Bertz CT molecular complexity index is 248. The quantitative estimate of drug-likeness (QED) is 0.243. The summed E-state index contributed by atoms with van der Waals surface area (Å²) in [7, 11) is 3.03. The number of methoxy groups -OCH3 is 1. The molecular formula is C11H21NO5S. The van der Waals surface area contributed by atoms with Gasteiger partial charge in [0.25, 0.3) is 0 Å². The van der Waals surface area contributed by atoms with Gasteiger partial charge in [-0.2, -0.15) is 11.8 Å². The summed E-state index contributed by atoms with van der Waals surface area (Å²) in [6, 6.07) is 0. The predicted octanol–water partition coefficient (Wildman–Crippen LogP) is 0.948. The summed E-state index contributed by atoms with van der Waals surface area (Å²) in [6.45, 7) is 3.85. The van der Waals surface area contributed by atoms with Gasteiger partial charge in [-0.1, -0.05) is 5.16 Å². The van der Waals surface area contributed by atoms with Crippen LogP contribution in [-0.2, 0) is 23.8 Å². The van der Waals surface area contributed by atoms with Crippen LogP contribution in [0.3, 0.4) is 0 Å². The highest BCUT2D eigenvalue weighted by atomic mass is 32.2. The number of nitrogens with zero attached hydrogens (tertiary/aromatic N) is 1. The Balaban J connectivity index is 3.71. The van der Waals surface area contributed by atoms with Gasteiger partial charge in [0.15, 0.2) is 5.71 Å². The smallest absolute Gasteiger partial charge is 0.356 e. The van der Waals surface area contributed by atoms with Gasteiger partial charge >= 0.3 is 5.97 Å². The summed E-state index contributed by atoms with van der Waals surface area (Å²) < 4.78 is 15.0. The summed E-state index contributed by atoms with van der Waals surface area (Å²) in [5.41, 5.74) is 0.279. The van der Waals surface area contributed by atoms with E-state index in [2.05, 4.69) is 9.99 Å². The SMILES string of the molecule is CCOC(=O)C(CSCCOCCOC)=NOC. The summed E-state index contributed by atoms with van der Waals surface area (Å²) in [5.74, 6) is 0.777. The van der Waals surface area contributed by atoms with E-state index < -0.39 is 5.97 Å². The number of oxime groups is 1. The highest BCUT2D eigenvalue weighted by Crippen LogP contribution is 2.03. The van der Waals surface area contributed by atoms with Gasteiger partial charge in [-0.15, -0.1) is 0 Å². The van der Waals surface area contributed by atoms with Gasteiger partial charge < -0.3 is 19.0 Å². The van der Waals surface area contributed by atoms with Crippen molar-refractivity contribution in [3.05, 3.63) is 0 Å². The van der Waals surface area contributed by atoms with E-state index in [1.54, 1.807) is 14.0 Å². The van der Waals surface area contributed by atoms with Gasteiger partial charge in [0.2, 0.25) is 0 Å². The van der Waals surface area contributed by atoms with Gasteiger partial charge in [-0.3, -0.25) is 0 Å².